The number of rotatable bonds is 0. The normalized spacial score (nSPS) is 9.57. The molecule has 0 bridgehead atoms. The maximum atomic E-state index is 8.52. The molecule has 0 rings (SSSR count). The van der Waals surface area contributed by atoms with Gasteiger partial charge in [0.1, 0.15) is 0 Å². The van der Waals surface area contributed by atoms with E-state index in [1.54, 1.807) is 6.92 Å². The van der Waals surface area contributed by atoms with Crippen molar-refractivity contribution in [1.82, 2.24) is 0 Å². The molecule has 0 saturated carbocycles. The van der Waals surface area contributed by atoms with Gasteiger partial charge in [0.25, 0.3) is 0 Å². The Hall–Kier alpha value is 0.414. The molecule has 0 aromatic rings. The Morgan fingerprint density at radius 1 is 0.929 bits per heavy atom. The van der Waals surface area contributed by atoms with Crippen molar-refractivity contribution in [2.45, 2.75) is 6.92 Å². The Labute approximate surface area is 96.2 Å². The molecule has 0 radical (unpaired) electrons. The molecule has 0 spiro atoms. The minimum Gasteiger partial charge on any atom is -0.759 e. The standard InChI is InChI=1S/C2H6O.2H2O4S.Ti/c1-2-3;2*1-5(2,3)4;/h3H,2H2,1H3;2*(H2,1,2,3,4);/q;;;+4/p-4. The van der Waals surface area contributed by atoms with Gasteiger partial charge in [-0.25, -0.2) is 0 Å². The van der Waals surface area contributed by atoms with Gasteiger partial charge in [0.15, 0.2) is 0 Å². The maximum Gasteiger partial charge on any atom is 4.00 e. The number of aliphatic hydroxyl groups excluding tert-OH is 1. The zero-order valence-electron chi connectivity index (χ0n) is 6.74. The van der Waals surface area contributed by atoms with Crippen molar-refractivity contribution in [2.24, 2.45) is 0 Å². The van der Waals surface area contributed by atoms with E-state index in [-0.39, 0.29) is 28.3 Å². The van der Waals surface area contributed by atoms with Gasteiger partial charge in [-0.3, -0.25) is 16.8 Å². The van der Waals surface area contributed by atoms with E-state index < -0.39 is 20.8 Å². The van der Waals surface area contributed by atoms with Gasteiger partial charge in [0, 0.05) is 27.4 Å². The van der Waals surface area contributed by atoms with Crippen LogP contribution in [0.15, 0.2) is 0 Å². The van der Waals surface area contributed by atoms with Gasteiger partial charge in [-0.2, -0.15) is 0 Å². The first-order valence-electron chi connectivity index (χ1n) is 2.36. The van der Waals surface area contributed by atoms with E-state index in [0.29, 0.717) is 0 Å². The fourth-order valence-electron chi connectivity index (χ4n) is 0. The van der Waals surface area contributed by atoms with Crippen LogP contribution in [-0.4, -0.2) is 46.8 Å². The summed E-state index contributed by atoms with van der Waals surface area (Å²) in [4.78, 5) is 0. The van der Waals surface area contributed by atoms with E-state index >= 15 is 0 Å². The summed E-state index contributed by atoms with van der Waals surface area (Å²) in [6.07, 6.45) is 0. The van der Waals surface area contributed by atoms with Crippen LogP contribution in [0.5, 0.6) is 0 Å². The smallest absolute Gasteiger partial charge is 0.759 e. The van der Waals surface area contributed by atoms with E-state index in [0.717, 1.165) is 0 Å². The van der Waals surface area contributed by atoms with Gasteiger partial charge < -0.3 is 23.3 Å². The molecule has 0 aromatic heterocycles. The Morgan fingerprint density at radius 2 is 0.929 bits per heavy atom. The summed E-state index contributed by atoms with van der Waals surface area (Å²) in [5, 5.41) is 7.57. The van der Waals surface area contributed by atoms with Crippen LogP contribution < -0.4 is 0 Å². The van der Waals surface area contributed by atoms with Gasteiger partial charge in [-0.15, -0.1) is 0 Å². The van der Waals surface area contributed by atoms with E-state index in [1.807, 2.05) is 0 Å². The van der Waals surface area contributed by atoms with E-state index in [2.05, 4.69) is 0 Å². The van der Waals surface area contributed by atoms with Crippen LogP contribution in [0.25, 0.3) is 0 Å². The van der Waals surface area contributed by atoms with Crippen molar-refractivity contribution in [3.05, 3.63) is 0 Å². The van der Waals surface area contributed by atoms with Crippen LogP contribution in [0.3, 0.4) is 0 Å². The summed E-state index contributed by atoms with van der Waals surface area (Å²) < 4.78 is 68.2. The largest absolute Gasteiger partial charge is 4.00 e. The molecule has 0 aliphatic carbocycles. The van der Waals surface area contributed by atoms with E-state index in [4.69, 9.17) is 40.2 Å². The monoisotopic (exact) mass is 286 g/mol. The molecule has 0 aliphatic rings. The Morgan fingerprint density at radius 3 is 0.929 bits per heavy atom. The molecule has 0 unspecified atom stereocenters. The molecule has 0 amide bonds. The average molecular weight is 286 g/mol. The SMILES string of the molecule is CCO.O=S(=O)([O-])[O-].O=S(=O)([O-])[O-].[Ti+4]. The van der Waals surface area contributed by atoms with Crippen molar-refractivity contribution in [3.8, 4) is 0 Å². The van der Waals surface area contributed by atoms with Gasteiger partial charge in [0.05, 0.1) is 0 Å². The van der Waals surface area contributed by atoms with Crippen molar-refractivity contribution < 1.29 is 61.9 Å². The topological polar surface area (TPSA) is 181 Å². The predicted octanol–water partition coefficient (Wildman–Crippen LogP) is -2.68. The third-order valence-corrected chi connectivity index (χ3v) is 0. The minimum atomic E-state index is -5.17. The first-order valence-corrected chi connectivity index (χ1v) is 5.02. The van der Waals surface area contributed by atoms with Crippen LogP contribution in [0, 0.1) is 0 Å². The van der Waals surface area contributed by atoms with Crippen molar-refractivity contribution >= 4 is 20.8 Å². The second-order valence-corrected chi connectivity index (χ2v) is 2.77. The van der Waals surface area contributed by atoms with Crippen LogP contribution in [0.2, 0.25) is 0 Å². The molecule has 84 valence electrons. The van der Waals surface area contributed by atoms with E-state index in [1.165, 1.54) is 0 Å². The fourth-order valence-corrected chi connectivity index (χ4v) is 0. The van der Waals surface area contributed by atoms with Crippen molar-refractivity contribution in [2.75, 3.05) is 6.61 Å². The van der Waals surface area contributed by atoms with Crippen molar-refractivity contribution in [3.63, 3.8) is 0 Å². The second kappa shape index (κ2) is 11.5. The molecular weight excluding hydrogens is 280 g/mol. The molecule has 14 heavy (non-hydrogen) atoms. The fraction of sp³-hybridized carbons (Fsp3) is 1.00. The molecule has 0 atom stereocenters. The molecule has 1 N–H and O–H groups in total. The summed E-state index contributed by atoms with van der Waals surface area (Å²) >= 11 is 0. The van der Waals surface area contributed by atoms with Crippen molar-refractivity contribution in [1.29, 1.82) is 0 Å². The zero-order chi connectivity index (χ0) is 11.7. The summed E-state index contributed by atoms with van der Waals surface area (Å²) in [5.41, 5.74) is 0. The van der Waals surface area contributed by atoms with Crippen LogP contribution in [-0.2, 0) is 42.5 Å². The molecule has 0 aliphatic heterocycles. The summed E-state index contributed by atoms with van der Waals surface area (Å²) in [6.45, 7) is 1.93. The molecule has 0 saturated heterocycles. The third kappa shape index (κ3) is 9420. The van der Waals surface area contributed by atoms with Gasteiger partial charge in [-0.1, -0.05) is 0 Å². The van der Waals surface area contributed by atoms with Gasteiger partial charge in [0.2, 0.25) is 0 Å². The minimum absolute atomic E-state index is 0. The molecule has 0 aromatic carbocycles. The Balaban J connectivity index is -0.0000000535. The molecule has 9 nitrogen and oxygen atoms in total. The molecule has 12 heteroatoms. The van der Waals surface area contributed by atoms with Crippen LogP contribution in [0.1, 0.15) is 6.92 Å². The predicted molar refractivity (Wildman–Crippen MR) is 33.7 cm³/mol. The van der Waals surface area contributed by atoms with Gasteiger partial charge in [-0.05, 0) is 6.92 Å². The Kier molecular flexibility index (Phi) is 19.6. The first-order chi connectivity index (χ1) is 5.41. The number of hydrogen-bond acceptors (Lipinski definition) is 9. The zero-order valence-corrected chi connectivity index (χ0v) is 9.93. The summed E-state index contributed by atoms with van der Waals surface area (Å²) in [7, 11) is -10.3. The molecule has 0 heterocycles. The number of hydrogen-bond donors (Lipinski definition) is 1. The van der Waals surface area contributed by atoms with Crippen LogP contribution >= 0.6 is 0 Å². The maximum absolute atomic E-state index is 8.52. The van der Waals surface area contributed by atoms with Crippen LogP contribution in [0.4, 0.5) is 0 Å². The summed E-state index contributed by atoms with van der Waals surface area (Å²) in [5.74, 6) is 0. The average Bonchev–Trinajstić information content (AvgIpc) is 1.52. The first kappa shape index (κ1) is 23.9. The second-order valence-electron chi connectivity index (χ2n) is 1.13. The summed E-state index contributed by atoms with van der Waals surface area (Å²) in [6, 6.07) is 0. The quantitative estimate of drug-likeness (QED) is 0.281. The molecule has 0 fully saturated rings. The van der Waals surface area contributed by atoms with E-state index in [9.17, 15) is 0 Å². The molecular formula is C2H6O9S2Ti. The third-order valence-electron chi connectivity index (χ3n) is 0. The van der Waals surface area contributed by atoms with Gasteiger partial charge >= 0.3 is 21.7 Å². The Bertz CT molecular complexity index is 230. The number of aliphatic hydroxyl groups is 1.